The Balaban J connectivity index is 2.33. The van der Waals surface area contributed by atoms with E-state index in [0.717, 1.165) is 17.0 Å². The summed E-state index contributed by atoms with van der Waals surface area (Å²) in [4.78, 5) is 5.25. The molecular weight excluding hydrogens is 178 g/mol. The first-order valence-corrected chi connectivity index (χ1v) is 4.58. The second-order valence-corrected chi connectivity index (χ2v) is 3.43. The van der Waals surface area contributed by atoms with Crippen LogP contribution in [0.15, 0.2) is 42.6 Å². The van der Waals surface area contributed by atoms with E-state index in [1.807, 2.05) is 30.4 Å². The molecule has 0 atom stereocenters. The predicted molar refractivity (Wildman–Crippen MR) is 58.6 cm³/mol. The Bertz CT molecular complexity index is 376. The van der Waals surface area contributed by atoms with Gasteiger partial charge in [0.15, 0.2) is 0 Å². The molecule has 0 fully saturated rings. The maximum absolute atomic E-state index is 5.13. The van der Waals surface area contributed by atoms with Crippen LogP contribution in [0.3, 0.4) is 0 Å². The van der Waals surface area contributed by atoms with E-state index in [4.69, 9.17) is 12.2 Å². The van der Waals surface area contributed by atoms with Gasteiger partial charge in [-0.05, 0) is 23.8 Å². The first-order chi connectivity index (χ1) is 6.36. The Morgan fingerprint density at radius 1 is 1.31 bits per heavy atom. The Kier molecular flexibility index (Phi) is 2.32. The largest absolute Gasteiger partial charge is 0.257 e. The van der Waals surface area contributed by atoms with Crippen molar-refractivity contribution in [2.75, 3.05) is 0 Å². The summed E-state index contributed by atoms with van der Waals surface area (Å²) in [5, 5.41) is 0. The van der Waals surface area contributed by atoms with Crippen molar-refractivity contribution >= 4 is 22.7 Å². The van der Waals surface area contributed by atoms with Crippen LogP contribution in [-0.2, 0) is 0 Å². The lowest BCUT2D eigenvalue weighted by atomic mass is 10.0. The highest BCUT2D eigenvalue weighted by Gasteiger charge is 2.06. The van der Waals surface area contributed by atoms with Crippen LogP contribution in [0.25, 0.3) is 5.57 Å². The smallest absolute Gasteiger partial charge is 0.0665 e. The maximum atomic E-state index is 5.13. The lowest BCUT2D eigenvalue weighted by Gasteiger charge is -2.08. The first kappa shape index (κ1) is 8.32. The number of thiocarbonyl (C=S) groups is 1. The number of hydrogen-bond donors (Lipinski definition) is 0. The van der Waals surface area contributed by atoms with Crippen LogP contribution in [0.1, 0.15) is 12.1 Å². The molecule has 1 nitrogen and oxygen atoms in total. The molecule has 1 aliphatic rings. The second kappa shape index (κ2) is 3.62. The molecule has 1 heterocycles. The van der Waals surface area contributed by atoms with E-state index in [0.29, 0.717) is 0 Å². The summed E-state index contributed by atoms with van der Waals surface area (Å²) in [6, 6.07) is 5.92. The van der Waals surface area contributed by atoms with Gasteiger partial charge in [0, 0.05) is 17.5 Å². The molecule has 0 N–H and O–H groups in total. The average Bonchev–Trinajstić information content (AvgIpc) is 2.19. The van der Waals surface area contributed by atoms with Crippen molar-refractivity contribution in [2.45, 2.75) is 6.42 Å². The van der Waals surface area contributed by atoms with E-state index in [1.54, 1.807) is 6.20 Å². The molecule has 0 saturated heterocycles. The third-order valence-corrected chi connectivity index (χ3v) is 2.22. The van der Waals surface area contributed by atoms with Crippen LogP contribution < -0.4 is 0 Å². The Labute approximate surface area is 82.8 Å². The fraction of sp³-hybridized carbons (Fsp3) is 0.0909. The normalized spacial score (nSPS) is 15.7. The van der Waals surface area contributed by atoms with Crippen LogP contribution in [0.5, 0.6) is 0 Å². The van der Waals surface area contributed by atoms with Gasteiger partial charge in [0.05, 0.1) is 5.69 Å². The summed E-state index contributed by atoms with van der Waals surface area (Å²) >= 11 is 5.13. The van der Waals surface area contributed by atoms with E-state index in [2.05, 4.69) is 11.1 Å². The summed E-state index contributed by atoms with van der Waals surface area (Å²) in [6.07, 6.45) is 8.65. The van der Waals surface area contributed by atoms with Gasteiger partial charge in [-0.15, -0.1) is 0 Å². The highest BCUT2D eigenvalue weighted by Crippen LogP contribution is 2.19. The van der Waals surface area contributed by atoms with Crippen molar-refractivity contribution in [1.29, 1.82) is 0 Å². The minimum atomic E-state index is 0.836. The summed E-state index contributed by atoms with van der Waals surface area (Å²) in [5.74, 6) is 0. The molecule has 64 valence electrons. The molecule has 0 bridgehead atoms. The molecule has 2 rings (SSSR count). The average molecular weight is 187 g/mol. The van der Waals surface area contributed by atoms with Crippen molar-refractivity contribution in [3.63, 3.8) is 0 Å². The molecule has 0 radical (unpaired) electrons. The zero-order valence-corrected chi connectivity index (χ0v) is 7.92. The van der Waals surface area contributed by atoms with E-state index >= 15 is 0 Å². The molecule has 1 aromatic rings. The van der Waals surface area contributed by atoms with E-state index < -0.39 is 0 Å². The Morgan fingerprint density at radius 3 is 2.92 bits per heavy atom. The van der Waals surface area contributed by atoms with E-state index in [9.17, 15) is 0 Å². The zero-order chi connectivity index (χ0) is 9.10. The number of hydrogen-bond acceptors (Lipinski definition) is 2. The van der Waals surface area contributed by atoms with Crippen LogP contribution in [0, 0.1) is 0 Å². The first-order valence-electron chi connectivity index (χ1n) is 4.18. The van der Waals surface area contributed by atoms with Gasteiger partial charge >= 0.3 is 0 Å². The summed E-state index contributed by atoms with van der Waals surface area (Å²) in [5.41, 5.74) is 2.22. The molecule has 1 aromatic heterocycles. The highest BCUT2D eigenvalue weighted by molar-refractivity contribution is 7.80. The highest BCUT2D eigenvalue weighted by atomic mass is 32.1. The summed E-state index contributed by atoms with van der Waals surface area (Å²) in [6.45, 7) is 0. The number of aromatic nitrogens is 1. The molecule has 13 heavy (non-hydrogen) atoms. The van der Waals surface area contributed by atoms with Gasteiger partial charge in [0.2, 0.25) is 0 Å². The lowest BCUT2D eigenvalue weighted by Crippen LogP contribution is -1.98. The lowest BCUT2D eigenvalue weighted by molar-refractivity contribution is 1.25. The fourth-order valence-corrected chi connectivity index (χ4v) is 1.54. The number of allylic oxidation sites excluding steroid dienone is 4. The van der Waals surface area contributed by atoms with Crippen molar-refractivity contribution in [3.05, 3.63) is 48.3 Å². The van der Waals surface area contributed by atoms with Crippen LogP contribution >= 0.6 is 12.2 Å². The van der Waals surface area contributed by atoms with Gasteiger partial charge in [-0.3, -0.25) is 4.98 Å². The molecule has 0 aliphatic heterocycles. The van der Waals surface area contributed by atoms with Gasteiger partial charge in [-0.2, -0.15) is 0 Å². The van der Waals surface area contributed by atoms with Crippen LogP contribution in [0.2, 0.25) is 0 Å². The summed E-state index contributed by atoms with van der Waals surface area (Å²) in [7, 11) is 0. The standard InChI is InChI=1S/C11H9NS/c13-10-5-3-4-9(8-10)11-6-1-2-7-12-11/h1-7H,8H2. The number of rotatable bonds is 1. The van der Waals surface area contributed by atoms with E-state index in [-0.39, 0.29) is 0 Å². The molecule has 0 unspecified atom stereocenters. The van der Waals surface area contributed by atoms with Gasteiger partial charge in [0.25, 0.3) is 0 Å². The Morgan fingerprint density at radius 2 is 2.23 bits per heavy atom. The molecule has 0 saturated carbocycles. The predicted octanol–water partition coefficient (Wildman–Crippen LogP) is 2.79. The van der Waals surface area contributed by atoms with Gasteiger partial charge in [-0.25, -0.2) is 0 Å². The molecule has 0 spiro atoms. The number of nitrogens with zero attached hydrogens (tertiary/aromatic N) is 1. The quantitative estimate of drug-likeness (QED) is 0.627. The zero-order valence-electron chi connectivity index (χ0n) is 7.10. The molecule has 0 aromatic carbocycles. The van der Waals surface area contributed by atoms with Gasteiger partial charge < -0.3 is 0 Å². The second-order valence-electron chi connectivity index (χ2n) is 2.91. The van der Waals surface area contributed by atoms with Crippen molar-refractivity contribution in [2.24, 2.45) is 0 Å². The third-order valence-electron chi connectivity index (χ3n) is 1.94. The van der Waals surface area contributed by atoms with Crippen LogP contribution in [-0.4, -0.2) is 9.85 Å². The maximum Gasteiger partial charge on any atom is 0.0665 e. The van der Waals surface area contributed by atoms with Gasteiger partial charge in [-0.1, -0.05) is 30.4 Å². The van der Waals surface area contributed by atoms with Crippen LogP contribution in [0.4, 0.5) is 0 Å². The Hall–Kier alpha value is -1.28. The molecule has 1 aliphatic carbocycles. The summed E-state index contributed by atoms with van der Waals surface area (Å²) < 4.78 is 0. The van der Waals surface area contributed by atoms with E-state index in [1.165, 1.54) is 5.57 Å². The van der Waals surface area contributed by atoms with Gasteiger partial charge in [0.1, 0.15) is 0 Å². The SMILES string of the molecule is S=C1C=CC=C(c2ccccn2)C1. The fourth-order valence-electron chi connectivity index (χ4n) is 1.31. The molecule has 2 heteroatoms. The third kappa shape index (κ3) is 1.90. The van der Waals surface area contributed by atoms with Crippen molar-refractivity contribution in [1.82, 2.24) is 4.98 Å². The number of pyridine rings is 1. The molecule has 0 amide bonds. The minimum Gasteiger partial charge on any atom is -0.257 e. The molecular formula is C11H9NS. The minimum absolute atomic E-state index is 0.836. The monoisotopic (exact) mass is 187 g/mol. The topological polar surface area (TPSA) is 12.9 Å². The van der Waals surface area contributed by atoms with Crippen molar-refractivity contribution < 1.29 is 0 Å². The van der Waals surface area contributed by atoms with Crippen molar-refractivity contribution in [3.8, 4) is 0 Å².